The van der Waals surface area contributed by atoms with Gasteiger partial charge in [-0.3, -0.25) is 5.43 Å². The molecule has 0 aliphatic rings. The third-order valence-corrected chi connectivity index (χ3v) is 4.76. The third kappa shape index (κ3) is 7.56. The number of hydrogen-bond donors (Lipinski definition) is 2. The Kier molecular flexibility index (Phi) is 8.23. The fraction of sp³-hybridized carbons (Fsp3) is 0.125. The molecule has 0 unspecified atom stereocenters. The highest BCUT2D eigenvalue weighted by Crippen LogP contribution is 2.16. The minimum absolute atomic E-state index is 0.486. The van der Waals surface area contributed by atoms with Crippen molar-refractivity contribution in [3.05, 3.63) is 96.6 Å². The molecule has 0 amide bonds. The first-order valence-corrected chi connectivity index (χ1v) is 10.7. The number of nitrogens with zero attached hydrogens (tertiary/aromatic N) is 3. The zero-order chi connectivity index (χ0) is 21.0. The summed E-state index contributed by atoms with van der Waals surface area (Å²) in [5, 5.41) is 8.31. The highest BCUT2D eigenvalue weighted by molar-refractivity contribution is 8.13. The molecule has 0 aliphatic carbocycles. The topological polar surface area (TPSA) is 61.1 Å². The molecule has 30 heavy (non-hydrogen) atoms. The third-order valence-electron chi connectivity index (χ3n) is 3.82. The highest BCUT2D eigenvalue weighted by atomic mass is 32.2. The molecule has 0 bridgehead atoms. The maximum absolute atomic E-state index is 4.75. The van der Waals surface area contributed by atoms with Gasteiger partial charge in [-0.2, -0.15) is 10.1 Å². The fourth-order valence-electron chi connectivity index (χ4n) is 2.43. The number of rotatable bonds is 5. The molecule has 0 fully saturated rings. The van der Waals surface area contributed by atoms with E-state index in [9.17, 15) is 0 Å². The molecular formula is C24H25N5S. The summed E-state index contributed by atoms with van der Waals surface area (Å²) in [5.74, 6) is 1.26. The van der Waals surface area contributed by atoms with Gasteiger partial charge in [0.15, 0.2) is 5.17 Å². The molecule has 3 rings (SSSR count). The van der Waals surface area contributed by atoms with Crippen LogP contribution in [0, 0.1) is 0 Å². The molecule has 3 aromatic carbocycles. The first-order chi connectivity index (χ1) is 14.7. The lowest BCUT2D eigenvalue weighted by atomic mass is 10.2. The van der Waals surface area contributed by atoms with Gasteiger partial charge in [0.25, 0.3) is 0 Å². The van der Waals surface area contributed by atoms with Crippen LogP contribution >= 0.6 is 11.8 Å². The molecule has 0 atom stereocenters. The van der Waals surface area contributed by atoms with E-state index in [0.29, 0.717) is 11.1 Å². The Morgan fingerprint density at radius 1 is 0.800 bits per heavy atom. The Morgan fingerprint density at radius 2 is 1.40 bits per heavy atom. The second-order valence-corrected chi connectivity index (χ2v) is 7.59. The lowest BCUT2D eigenvalue weighted by molar-refractivity contribution is 1.04. The zero-order valence-electron chi connectivity index (χ0n) is 17.1. The van der Waals surface area contributed by atoms with Gasteiger partial charge in [-0.15, -0.1) is 0 Å². The lowest BCUT2D eigenvalue weighted by Gasteiger charge is -2.10. The van der Waals surface area contributed by atoms with Gasteiger partial charge in [0.05, 0.1) is 5.69 Å². The van der Waals surface area contributed by atoms with Crippen molar-refractivity contribution < 1.29 is 0 Å². The first kappa shape index (κ1) is 21.3. The van der Waals surface area contributed by atoms with Gasteiger partial charge in [-0.25, -0.2) is 4.99 Å². The second kappa shape index (κ2) is 11.6. The van der Waals surface area contributed by atoms with Crippen molar-refractivity contribution in [2.45, 2.75) is 19.6 Å². The lowest BCUT2D eigenvalue weighted by Crippen LogP contribution is -2.20. The van der Waals surface area contributed by atoms with Crippen molar-refractivity contribution in [3.63, 3.8) is 0 Å². The van der Waals surface area contributed by atoms with E-state index in [1.807, 2.05) is 92.7 Å². The van der Waals surface area contributed by atoms with Gasteiger partial charge in [-0.1, -0.05) is 78.5 Å². The van der Waals surface area contributed by atoms with Gasteiger partial charge in [0, 0.05) is 17.2 Å². The molecule has 0 aliphatic heterocycles. The summed E-state index contributed by atoms with van der Waals surface area (Å²) in [4.78, 5) is 9.45. The molecule has 2 N–H and O–H groups in total. The molecule has 0 radical (unpaired) electrons. The van der Waals surface area contributed by atoms with Crippen molar-refractivity contribution in [2.75, 3.05) is 5.32 Å². The second-order valence-electron chi connectivity index (χ2n) is 6.62. The van der Waals surface area contributed by atoms with E-state index < -0.39 is 0 Å². The molecule has 0 aromatic heterocycles. The SMILES string of the molecule is CC(C)=NN/C(=N\C(=Nc1ccccc1)Nc1ccccc1)SCc1ccccc1. The van der Waals surface area contributed by atoms with Crippen LogP contribution in [0.25, 0.3) is 0 Å². The predicted molar refractivity (Wildman–Crippen MR) is 131 cm³/mol. The number of thioether (sulfide) groups is 1. The first-order valence-electron chi connectivity index (χ1n) is 9.67. The van der Waals surface area contributed by atoms with Crippen LogP contribution in [-0.2, 0) is 5.75 Å². The zero-order valence-corrected chi connectivity index (χ0v) is 17.9. The average molecular weight is 416 g/mol. The van der Waals surface area contributed by atoms with E-state index >= 15 is 0 Å². The molecule has 0 spiro atoms. The highest BCUT2D eigenvalue weighted by Gasteiger charge is 2.06. The van der Waals surface area contributed by atoms with Crippen molar-refractivity contribution in [3.8, 4) is 0 Å². The van der Waals surface area contributed by atoms with E-state index in [-0.39, 0.29) is 0 Å². The van der Waals surface area contributed by atoms with Gasteiger partial charge < -0.3 is 5.32 Å². The van der Waals surface area contributed by atoms with Gasteiger partial charge in [0.1, 0.15) is 0 Å². The molecule has 3 aromatic rings. The fourth-order valence-corrected chi connectivity index (χ4v) is 3.18. The quantitative estimate of drug-likeness (QED) is 0.302. The molecule has 5 nitrogen and oxygen atoms in total. The van der Waals surface area contributed by atoms with Crippen LogP contribution in [0.3, 0.4) is 0 Å². The van der Waals surface area contributed by atoms with E-state index in [1.165, 1.54) is 5.56 Å². The number of hydrogen-bond acceptors (Lipinski definition) is 3. The maximum Gasteiger partial charge on any atom is 0.230 e. The van der Waals surface area contributed by atoms with Crippen LogP contribution in [0.2, 0.25) is 0 Å². The van der Waals surface area contributed by atoms with Gasteiger partial charge in [-0.05, 0) is 43.7 Å². The number of hydrazone groups is 1. The Bertz CT molecular complexity index is 996. The minimum atomic E-state index is 0.486. The Morgan fingerprint density at radius 3 is 2.03 bits per heavy atom. The van der Waals surface area contributed by atoms with Crippen LogP contribution in [0.15, 0.2) is 106 Å². The molecule has 0 saturated heterocycles. The van der Waals surface area contributed by atoms with Crippen LogP contribution < -0.4 is 10.7 Å². The Hall–Kier alpha value is -3.38. The van der Waals surface area contributed by atoms with Crippen molar-refractivity contribution in [1.82, 2.24) is 5.43 Å². The van der Waals surface area contributed by atoms with Crippen molar-refractivity contribution in [1.29, 1.82) is 0 Å². The summed E-state index contributed by atoms with van der Waals surface area (Å²) in [6.45, 7) is 3.88. The normalized spacial score (nSPS) is 11.7. The van der Waals surface area contributed by atoms with Crippen LogP contribution in [0.4, 0.5) is 11.4 Å². The number of aliphatic imine (C=N–C) groups is 2. The number of amidine groups is 1. The largest absolute Gasteiger partial charge is 0.324 e. The molecule has 152 valence electrons. The number of guanidine groups is 1. The van der Waals surface area contributed by atoms with Crippen molar-refractivity contribution >= 4 is 40.0 Å². The summed E-state index contributed by atoms with van der Waals surface area (Å²) in [5.41, 5.74) is 6.94. The van der Waals surface area contributed by atoms with Crippen LogP contribution in [-0.4, -0.2) is 16.8 Å². The summed E-state index contributed by atoms with van der Waals surface area (Å²) < 4.78 is 0. The number of anilines is 1. The number of para-hydroxylation sites is 2. The molecule has 6 heteroatoms. The average Bonchev–Trinajstić information content (AvgIpc) is 2.77. The van der Waals surface area contributed by atoms with Gasteiger partial charge >= 0.3 is 0 Å². The van der Waals surface area contributed by atoms with Crippen LogP contribution in [0.5, 0.6) is 0 Å². The molecule has 0 heterocycles. The Labute approximate surface area is 182 Å². The summed E-state index contributed by atoms with van der Waals surface area (Å²) in [6, 6.07) is 29.9. The van der Waals surface area contributed by atoms with E-state index in [0.717, 1.165) is 22.8 Å². The van der Waals surface area contributed by atoms with Crippen molar-refractivity contribution in [2.24, 2.45) is 15.1 Å². The summed E-state index contributed by atoms with van der Waals surface area (Å²) in [6.07, 6.45) is 0. The number of nitrogens with one attached hydrogen (secondary N) is 2. The van der Waals surface area contributed by atoms with E-state index in [1.54, 1.807) is 11.8 Å². The predicted octanol–water partition coefficient (Wildman–Crippen LogP) is 6.06. The minimum Gasteiger partial charge on any atom is -0.324 e. The van der Waals surface area contributed by atoms with E-state index in [2.05, 4.69) is 28.0 Å². The standard InChI is InChI=1S/C24H25N5S/c1-19(2)28-29-24(30-18-20-12-6-3-7-13-20)27-23(25-21-14-8-4-9-15-21)26-22-16-10-5-11-17-22/h3-17H,18H2,1-2H3,(H2,25,26,27,29). The van der Waals surface area contributed by atoms with Crippen LogP contribution in [0.1, 0.15) is 19.4 Å². The summed E-state index contributed by atoms with van der Waals surface area (Å²) >= 11 is 1.58. The monoisotopic (exact) mass is 415 g/mol. The van der Waals surface area contributed by atoms with Gasteiger partial charge in [0.2, 0.25) is 5.96 Å². The summed E-state index contributed by atoms with van der Waals surface area (Å²) in [7, 11) is 0. The number of benzene rings is 3. The Balaban J connectivity index is 1.89. The van der Waals surface area contributed by atoms with E-state index in [4.69, 9.17) is 9.98 Å². The molecule has 0 saturated carbocycles. The maximum atomic E-state index is 4.75. The molecular weight excluding hydrogens is 390 g/mol. The smallest absolute Gasteiger partial charge is 0.230 e.